The molecule has 2 aliphatic heterocycles. The number of anilines is 3. The normalized spacial score (nSPS) is 19.0. The number of nitrogens with one attached hydrogen (secondary N) is 2. The van der Waals surface area contributed by atoms with Gasteiger partial charge in [-0.2, -0.15) is 0 Å². The van der Waals surface area contributed by atoms with E-state index in [1.54, 1.807) is 30.3 Å². The van der Waals surface area contributed by atoms with Gasteiger partial charge in [-0.3, -0.25) is 4.79 Å². The lowest BCUT2D eigenvalue weighted by atomic mass is 9.80. The van der Waals surface area contributed by atoms with Crippen LogP contribution in [0.5, 0.6) is 0 Å². The summed E-state index contributed by atoms with van der Waals surface area (Å²) in [7, 11) is 0. The van der Waals surface area contributed by atoms with Crippen molar-refractivity contribution < 1.29 is 19.0 Å². The highest BCUT2D eigenvalue weighted by Crippen LogP contribution is 2.44. The lowest BCUT2D eigenvalue weighted by molar-refractivity contribution is -0.119. The van der Waals surface area contributed by atoms with Crippen molar-refractivity contribution in [2.45, 2.75) is 16.9 Å². The number of halogens is 2. The molecule has 0 aliphatic carbocycles. The van der Waals surface area contributed by atoms with Crippen LogP contribution in [0.3, 0.4) is 0 Å². The first-order chi connectivity index (χ1) is 20.4. The lowest BCUT2D eigenvalue weighted by Crippen LogP contribution is -2.51. The molecule has 3 heterocycles. The van der Waals surface area contributed by atoms with E-state index in [4.69, 9.17) is 21.3 Å². The molecule has 3 N–H and O–H groups in total. The molecule has 0 bridgehead atoms. The summed E-state index contributed by atoms with van der Waals surface area (Å²) >= 11 is 7.48. The van der Waals surface area contributed by atoms with Crippen molar-refractivity contribution in [2.75, 3.05) is 36.5 Å². The molecule has 10 heteroatoms. The smallest absolute Gasteiger partial charge is 0.262 e. The largest absolute Gasteiger partial charge is 0.511 e. The lowest BCUT2D eigenvalue weighted by Gasteiger charge is -2.39. The molecular weight excluding hydrogens is 575 g/mol. The molecule has 3 aromatic carbocycles. The van der Waals surface area contributed by atoms with Crippen LogP contribution in [-0.2, 0) is 15.1 Å². The molecular formula is C32H28ClFN4O3S. The molecule has 1 fully saturated rings. The summed E-state index contributed by atoms with van der Waals surface area (Å²) in [6.45, 7) is 2.94. The van der Waals surface area contributed by atoms with E-state index in [-0.39, 0.29) is 22.9 Å². The SMILES string of the molecule is O=C1NC(c2ccc(N3CCOCC3)cc2)(c2cccc(Nc3ccc(F)cc3)n2)CC(O)=C1Sc1ccccc1Cl. The zero-order chi connectivity index (χ0) is 29.1. The van der Waals surface area contributed by atoms with Crippen LogP contribution in [0, 0.1) is 5.82 Å². The number of hydrogen-bond donors (Lipinski definition) is 3. The average molecular weight is 603 g/mol. The summed E-state index contributed by atoms with van der Waals surface area (Å²) in [5.74, 6) is -0.309. The third-order valence-electron chi connectivity index (χ3n) is 7.32. The van der Waals surface area contributed by atoms with E-state index in [1.807, 2.05) is 48.5 Å². The fraction of sp³-hybridized carbons (Fsp3) is 0.188. The molecule has 42 heavy (non-hydrogen) atoms. The Morgan fingerprint density at radius 2 is 1.71 bits per heavy atom. The third-order valence-corrected chi connectivity index (χ3v) is 8.96. The molecule has 1 saturated heterocycles. The maximum atomic E-state index is 13.7. The fourth-order valence-electron chi connectivity index (χ4n) is 5.18. The minimum atomic E-state index is -1.16. The Labute approximate surface area is 252 Å². The number of rotatable bonds is 7. The summed E-state index contributed by atoms with van der Waals surface area (Å²) in [4.78, 5) is 21.7. The number of thioether (sulfide) groups is 1. The second kappa shape index (κ2) is 12.1. The van der Waals surface area contributed by atoms with Gasteiger partial charge in [-0.25, -0.2) is 9.37 Å². The molecule has 2 aliphatic rings. The maximum absolute atomic E-state index is 13.7. The highest BCUT2D eigenvalue weighted by Gasteiger charge is 2.44. The number of morpholine rings is 1. The van der Waals surface area contributed by atoms with E-state index in [0.29, 0.717) is 40.3 Å². The Bertz CT molecular complexity index is 1630. The summed E-state index contributed by atoms with van der Waals surface area (Å²) in [6, 6.07) is 26.6. The Kier molecular flexibility index (Phi) is 8.06. The second-order valence-electron chi connectivity index (χ2n) is 10.0. The van der Waals surface area contributed by atoms with Gasteiger partial charge in [0.25, 0.3) is 5.91 Å². The van der Waals surface area contributed by atoms with Crippen LogP contribution in [0.1, 0.15) is 17.7 Å². The van der Waals surface area contributed by atoms with Gasteiger partial charge >= 0.3 is 0 Å². The Morgan fingerprint density at radius 1 is 0.976 bits per heavy atom. The Balaban J connectivity index is 1.39. The van der Waals surface area contributed by atoms with Crippen molar-refractivity contribution >= 4 is 46.5 Å². The van der Waals surface area contributed by atoms with Crippen LogP contribution in [0.15, 0.2) is 107 Å². The number of hydrogen-bond acceptors (Lipinski definition) is 7. The van der Waals surface area contributed by atoms with Crippen LogP contribution in [0.25, 0.3) is 0 Å². The second-order valence-corrected chi connectivity index (χ2v) is 11.5. The van der Waals surface area contributed by atoms with Gasteiger partial charge in [-0.05, 0) is 66.2 Å². The molecule has 214 valence electrons. The molecule has 1 aromatic heterocycles. The predicted octanol–water partition coefficient (Wildman–Crippen LogP) is 6.78. The monoisotopic (exact) mass is 602 g/mol. The maximum Gasteiger partial charge on any atom is 0.262 e. The van der Waals surface area contributed by atoms with Gasteiger partial charge < -0.3 is 25.4 Å². The van der Waals surface area contributed by atoms with Gasteiger partial charge in [0.05, 0.1) is 23.9 Å². The minimum absolute atomic E-state index is 0.0559. The quantitative estimate of drug-likeness (QED) is 0.215. The number of pyridine rings is 1. The predicted molar refractivity (Wildman–Crippen MR) is 164 cm³/mol. The van der Waals surface area contributed by atoms with Gasteiger partial charge in [0.2, 0.25) is 0 Å². The first-order valence-electron chi connectivity index (χ1n) is 13.5. The van der Waals surface area contributed by atoms with E-state index < -0.39 is 11.4 Å². The van der Waals surface area contributed by atoms with E-state index in [9.17, 15) is 14.3 Å². The average Bonchev–Trinajstić information content (AvgIpc) is 3.01. The van der Waals surface area contributed by atoms with Gasteiger partial charge in [-0.1, -0.05) is 53.7 Å². The molecule has 6 rings (SSSR count). The van der Waals surface area contributed by atoms with Crippen molar-refractivity contribution in [2.24, 2.45) is 0 Å². The van der Waals surface area contributed by atoms with E-state index >= 15 is 0 Å². The van der Waals surface area contributed by atoms with E-state index in [1.165, 1.54) is 12.1 Å². The number of carbonyl (C=O) groups excluding carboxylic acids is 1. The topological polar surface area (TPSA) is 86.7 Å². The van der Waals surface area contributed by atoms with Crippen LogP contribution in [-0.4, -0.2) is 42.3 Å². The first kappa shape index (κ1) is 28.1. The van der Waals surface area contributed by atoms with Crippen molar-refractivity contribution in [3.05, 3.63) is 124 Å². The van der Waals surface area contributed by atoms with Gasteiger partial charge in [-0.15, -0.1) is 0 Å². The Hall–Kier alpha value is -4.05. The van der Waals surface area contributed by atoms with Crippen molar-refractivity contribution in [1.29, 1.82) is 0 Å². The van der Waals surface area contributed by atoms with Gasteiger partial charge in [0, 0.05) is 35.8 Å². The van der Waals surface area contributed by atoms with Crippen LogP contribution < -0.4 is 15.5 Å². The number of benzene rings is 3. The molecule has 0 saturated carbocycles. The number of aromatic nitrogens is 1. The van der Waals surface area contributed by atoms with Crippen molar-refractivity contribution in [1.82, 2.24) is 10.3 Å². The number of aliphatic hydroxyl groups excluding tert-OH is 1. The molecule has 0 spiro atoms. The van der Waals surface area contributed by atoms with Crippen LogP contribution >= 0.6 is 23.4 Å². The zero-order valence-electron chi connectivity index (χ0n) is 22.5. The van der Waals surface area contributed by atoms with Crippen molar-refractivity contribution in [3.63, 3.8) is 0 Å². The van der Waals surface area contributed by atoms with Crippen LogP contribution in [0.2, 0.25) is 5.02 Å². The molecule has 1 unspecified atom stereocenters. The Morgan fingerprint density at radius 3 is 2.43 bits per heavy atom. The summed E-state index contributed by atoms with van der Waals surface area (Å²) in [6.07, 6.45) is 0.0788. The molecule has 1 atom stereocenters. The number of amides is 1. The third kappa shape index (κ3) is 5.81. The highest BCUT2D eigenvalue weighted by molar-refractivity contribution is 8.04. The van der Waals surface area contributed by atoms with Gasteiger partial charge in [0.15, 0.2) is 0 Å². The molecule has 7 nitrogen and oxygen atoms in total. The molecule has 4 aromatic rings. The first-order valence-corrected chi connectivity index (χ1v) is 14.7. The fourth-order valence-corrected chi connectivity index (χ4v) is 6.30. The van der Waals surface area contributed by atoms with Gasteiger partial charge in [0.1, 0.15) is 27.8 Å². The van der Waals surface area contributed by atoms with E-state index in [2.05, 4.69) is 15.5 Å². The number of nitrogens with zero attached hydrogens (tertiary/aromatic N) is 2. The number of aliphatic hydroxyl groups is 1. The van der Waals surface area contributed by atoms with Crippen LogP contribution in [0.4, 0.5) is 21.6 Å². The van der Waals surface area contributed by atoms with Crippen molar-refractivity contribution in [3.8, 4) is 0 Å². The molecule has 0 radical (unpaired) electrons. The standard InChI is InChI=1S/C32H28ClFN4O3S/c33-25-4-1-2-5-27(25)42-30-26(39)20-32(37-31(30)40,21-8-14-24(15-9-21)38-16-18-41-19-17-38)28-6-3-7-29(36-28)35-23-12-10-22(34)11-13-23/h1-15,39H,16-20H2,(H,35,36)(H,37,40). The number of ether oxygens (including phenoxy) is 1. The minimum Gasteiger partial charge on any atom is -0.511 e. The highest BCUT2D eigenvalue weighted by atomic mass is 35.5. The number of carbonyl (C=O) groups is 1. The van der Waals surface area contributed by atoms with E-state index in [0.717, 1.165) is 36.1 Å². The summed E-state index contributed by atoms with van der Waals surface area (Å²) in [5, 5.41) is 18.3. The summed E-state index contributed by atoms with van der Waals surface area (Å²) < 4.78 is 18.9. The molecule has 1 amide bonds. The zero-order valence-corrected chi connectivity index (χ0v) is 24.1. The summed E-state index contributed by atoms with van der Waals surface area (Å²) in [5.41, 5.74) is 1.87.